The van der Waals surface area contributed by atoms with E-state index in [2.05, 4.69) is 22.4 Å². The van der Waals surface area contributed by atoms with Crippen LogP contribution >= 0.6 is 0 Å². The molecule has 1 fully saturated rings. The maximum Gasteiger partial charge on any atom is 0.317 e. The Bertz CT molecular complexity index is 1140. The number of carboxylic acids is 1. The van der Waals surface area contributed by atoms with Crippen molar-refractivity contribution in [2.75, 3.05) is 25.0 Å². The zero-order chi connectivity index (χ0) is 22.8. The van der Waals surface area contributed by atoms with Crippen molar-refractivity contribution in [2.45, 2.75) is 44.4 Å². The number of amides is 1. The Morgan fingerprint density at radius 1 is 1.24 bits per heavy atom. The molecule has 2 aliphatic heterocycles. The van der Waals surface area contributed by atoms with Gasteiger partial charge in [0.1, 0.15) is 11.3 Å². The summed E-state index contributed by atoms with van der Waals surface area (Å²) in [4.78, 5) is 35.6. The molecule has 4 heterocycles. The molecule has 2 N–H and O–H groups in total. The minimum absolute atomic E-state index is 0.0254. The molecule has 2 aliphatic rings. The highest BCUT2D eigenvalue weighted by Gasteiger charge is 2.36. The number of carboxylic acid groups (broad SMARTS) is 1. The number of rotatable bonds is 8. The van der Waals surface area contributed by atoms with E-state index >= 15 is 0 Å². The summed E-state index contributed by atoms with van der Waals surface area (Å²) in [7, 11) is 0. The molecular weight excluding hydrogens is 420 g/mol. The SMILES string of the molecule is O=C(O)[C@@H](CN1CCC(CCCc2ccc3c(n2)NCCC3)C1=O)c1nc2ccccc2o1. The number of aromatic nitrogens is 2. The number of para-hydroxylation sites is 2. The second kappa shape index (κ2) is 9.21. The smallest absolute Gasteiger partial charge is 0.317 e. The molecule has 33 heavy (non-hydrogen) atoms. The average molecular weight is 449 g/mol. The highest BCUT2D eigenvalue weighted by Crippen LogP contribution is 2.28. The predicted molar refractivity (Wildman–Crippen MR) is 123 cm³/mol. The van der Waals surface area contributed by atoms with Crippen molar-refractivity contribution >= 4 is 28.8 Å². The number of nitrogens with one attached hydrogen (secondary N) is 1. The van der Waals surface area contributed by atoms with Crippen molar-refractivity contribution in [3.8, 4) is 0 Å². The minimum Gasteiger partial charge on any atom is -0.481 e. The Labute approximate surface area is 192 Å². The summed E-state index contributed by atoms with van der Waals surface area (Å²) in [6, 6.07) is 11.4. The normalized spacial score (nSPS) is 18.8. The first kappa shape index (κ1) is 21.4. The van der Waals surface area contributed by atoms with Gasteiger partial charge >= 0.3 is 5.97 Å². The van der Waals surface area contributed by atoms with Gasteiger partial charge in [0.2, 0.25) is 11.8 Å². The van der Waals surface area contributed by atoms with Crippen molar-refractivity contribution in [1.82, 2.24) is 14.9 Å². The van der Waals surface area contributed by atoms with Crippen molar-refractivity contribution in [2.24, 2.45) is 5.92 Å². The predicted octanol–water partition coefficient (Wildman–Crippen LogP) is 3.62. The lowest BCUT2D eigenvalue weighted by Crippen LogP contribution is -2.34. The average Bonchev–Trinajstić information content (AvgIpc) is 3.40. The molecule has 0 bridgehead atoms. The molecule has 1 aromatic carbocycles. The van der Waals surface area contributed by atoms with Crippen LogP contribution in [0.5, 0.6) is 0 Å². The van der Waals surface area contributed by atoms with Crippen LogP contribution in [0.2, 0.25) is 0 Å². The highest BCUT2D eigenvalue weighted by molar-refractivity contribution is 5.83. The molecule has 2 atom stereocenters. The lowest BCUT2D eigenvalue weighted by molar-refractivity contribution is -0.140. The number of nitrogens with zero attached hydrogens (tertiary/aromatic N) is 3. The van der Waals surface area contributed by atoms with E-state index in [4.69, 9.17) is 9.40 Å². The van der Waals surface area contributed by atoms with Crippen LogP contribution in [0.15, 0.2) is 40.8 Å². The first-order valence-electron chi connectivity index (χ1n) is 11.7. The maximum atomic E-state index is 13.0. The Morgan fingerprint density at radius 2 is 2.12 bits per heavy atom. The number of aryl methyl sites for hydroxylation is 2. The molecule has 0 radical (unpaired) electrons. The first-order chi connectivity index (χ1) is 16.1. The number of aliphatic carboxylic acids is 1. The lowest BCUT2D eigenvalue weighted by atomic mass is 9.99. The minimum atomic E-state index is -1.04. The van der Waals surface area contributed by atoms with Gasteiger partial charge in [-0.3, -0.25) is 9.59 Å². The van der Waals surface area contributed by atoms with Gasteiger partial charge < -0.3 is 19.7 Å². The molecule has 1 unspecified atom stereocenters. The highest BCUT2D eigenvalue weighted by atomic mass is 16.4. The standard InChI is InChI=1S/C25H28N4O4/c30-24-17(5-3-7-18-11-10-16-6-4-13-26-22(16)27-18)12-14-29(24)15-19(25(31)32)23-28-20-8-1-2-9-21(20)33-23/h1-2,8-11,17,19H,3-7,12-15H2,(H,26,27)(H,31,32)/t17?,19-/m0/s1. The third-order valence-corrected chi connectivity index (χ3v) is 6.66. The van der Waals surface area contributed by atoms with E-state index in [9.17, 15) is 14.7 Å². The van der Waals surface area contributed by atoms with Gasteiger partial charge in [-0.1, -0.05) is 18.2 Å². The summed E-state index contributed by atoms with van der Waals surface area (Å²) in [6.45, 7) is 1.61. The second-order valence-corrected chi connectivity index (χ2v) is 8.91. The van der Waals surface area contributed by atoms with Gasteiger partial charge in [-0.15, -0.1) is 0 Å². The van der Waals surface area contributed by atoms with Crippen molar-refractivity contribution in [3.63, 3.8) is 0 Å². The number of oxazole rings is 1. The Morgan fingerprint density at radius 3 is 2.97 bits per heavy atom. The molecular formula is C25H28N4O4. The largest absolute Gasteiger partial charge is 0.481 e. The second-order valence-electron chi connectivity index (χ2n) is 8.91. The summed E-state index contributed by atoms with van der Waals surface area (Å²) < 4.78 is 5.68. The number of anilines is 1. The van der Waals surface area contributed by atoms with Gasteiger partial charge in [0, 0.05) is 31.2 Å². The molecule has 5 rings (SSSR count). The van der Waals surface area contributed by atoms with E-state index in [1.165, 1.54) is 5.56 Å². The van der Waals surface area contributed by atoms with Crippen LogP contribution < -0.4 is 5.32 Å². The van der Waals surface area contributed by atoms with Gasteiger partial charge in [-0.25, -0.2) is 9.97 Å². The Kier molecular flexibility index (Phi) is 5.98. The van der Waals surface area contributed by atoms with E-state index in [0.29, 0.717) is 17.6 Å². The molecule has 3 aromatic rings. The molecule has 0 spiro atoms. The molecule has 0 saturated carbocycles. The number of pyridine rings is 1. The summed E-state index contributed by atoms with van der Waals surface area (Å²) in [5.74, 6) is -0.915. The summed E-state index contributed by atoms with van der Waals surface area (Å²) in [5.41, 5.74) is 3.50. The molecule has 8 heteroatoms. The van der Waals surface area contributed by atoms with Crippen molar-refractivity contribution in [1.29, 1.82) is 0 Å². The molecule has 8 nitrogen and oxygen atoms in total. The van der Waals surface area contributed by atoms with Crippen molar-refractivity contribution in [3.05, 3.63) is 53.5 Å². The summed E-state index contributed by atoms with van der Waals surface area (Å²) in [5, 5.41) is 13.1. The zero-order valence-corrected chi connectivity index (χ0v) is 18.5. The molecule has 1 saturated heterocycles. The fourth-order valence-corrected chi connectivity index (χ4v) is 4.81. The lowest BCUT2D eigenvalue weighted by Gasteiger charge is -2.20. The van der Waals surface area contributed by atoms with Crippen LogP contribution in [0.25, 0.3) is 11.1 Å². The number of hydrogen-bond acceptors (Lipinski definition) is 6. The quantitative estimate of drug-likeness (QED) is 0.542. The number of likely N-dealkylation sites (tertiary alicyclic amines) is 1. The molecule has 2 aromatic heterocycles. The van der Waals surface area contributed by atoms with Crippen LogP contribution in [-0.4, -0.2) is 51.5 Å². The fraction of sp³-hybridized carbons (Fsp3) is 0.440. The molecule has 1 amide bonds. The van der Waals surface area contributed by atoms with E-state index in [1.54, 1.807) is 17.0 Å². The van der Waals surface area contributed by atoms with E-state index < -0.39 is 11.9 Å². The Balaban J connectivity index is 1.17. The van der Waals surface area contributed by atoms with Crippen LogP contribution in [0.1, 0.15) is 48.7 Å². The number of benzene rings is 1. The van der Waals surface area contributed by atoms with Gasteiger partial charge in [0.25, 0.3) is 0 Å². The van der Waals surface area contributed by atoms with Gasteiger partial charge in [0.05, 0.1) is 0 Å². The topological polar surface area (TPSA) is 109 Å². The first-order valence-corrected chi connectivity index (χ1v) is 11.7. The number of carbonyl (C=O) groups is 2. The summed E-state index contributed by atoms with van der Waals surface area (Å²) in [6.07, 6.45) is 5.45. The van der Waals surface area contributed by atoms with Gasteiger partial charge in [-0.05, 0) is 62.3 Å². The fourth-order valence-electron chi connectivity index (χ4n) is 4.81. The van der Waals surface area contributed by atoms with Crippen LogP contribution in [0.4, 0.5) is 5.82 Å². The molecule has 0 aliphatic carbocycles. The van der Waals surface area contributed by atoms with E-state index in [-0.39, 0.29) is 24.3 Å². The van der Waals surface area contributed by atoms with Crippen molar-refractivity contribution < 1.29 is 19.1 Å². The van der Waals surface area contributed by atoms with Crippen LogP contribution in [0, 0.1) is 5.92 Å². The summed E-state index contributed by atoms with van der Waals surface area (Å²) >= 11 is 0. The Hall–Kier alpha value is -3.42. The molecule has 172 valence electrons. The third kappa shape index (κ3) is 4.55. The van der Waals surface area contributed by atoms with Gasteiger partial charge in [0.15, 0.2) is 11.5 Å². The monoisotopic (exact) mass is 448 g/mol. The number of hydrogen-bond donors (Lipinski definition) is 2. The number of carbonyl (C=O) groups excluding carboxylic acids is 1. The maximum absolute atomic E-state index is 13.0. The van der Waals surface area contributed by atoms with Crippen LogP contribution in [-0.2, 0) is 22.4 Å². The number of fused-ring (bicyclic) bond motifs is 2. The van der Waals surface area contributed by atoms with Gasteiger partial charge in [-0.2, -0.15) is 0 Å². The van der Waals surface area contributed by atoms with E-state index in [1.807, 2.05) is 12.1 Å². The van der Waals surface area contributed by atoms with Crippen LogP contribution in [0.3, 0.4) is 0 Å². The third-order valence-electron chi connectivity index (χ3n) is 6.66. The van der Waals surface area contributed by atoms with E-state index in [0.717, 1.165) is 56.6 Å². The zero-order valence-electron chi connectivity index (χ0n) is 18.5.